The summed E-state index contributed by atoms with van der Waals surface area (Å²) in [5.41, 5.74) is 8.06. The fourth-order valence-electron chi connectivity index (χ4n) is 3.75. The minimum absolute atomic E-state index is 0.0425. The zero-order valence-electron chi connectivity index (χ0n) is 17.7. The molecule has 1 aromatic heterocycles. The molecule has 0 saturated heterocycles. The molecule has 1 atom stereocenters. The van der Waals surface area contributed by atoms with Crippen molar-refractivity contribution in [2.24, 2.45) is 5.73 Å². The minimum Gasteiger partial charge on any atom is -0.496 e. The smallest absolute Gasteiger partial charge is 0.416 e. The Hall–Kier alpha value is -4.13. The van der Waals surface area contributed by atoms with Crippen LogP contribution in [-0.2, 0) is 12.8 Å². The molecule has 1 aliphatic rings. The molecular formula is C23H19F3N4O3. The van der Waals surface area contributed by atoms with Crippen LogP contribution in [0.5, 0.6) is 17.4 Å². The Kier molecular flexibility index (Phi) is 5.64. The number of hydrogen-bond donors (Lipinski definition) is 2. The molecule has 3 N–H and O–H groups in total. The van der Waals surface area contributed by atoms with E-state index in [4.69, 9.17) is 19.9 Å². The van der Waals surface area contributed by atoms with Crippen molar-refractivity contribution in [2.45, 2.75) is 25.6 Å². The van der Waals surface area contributed by atoms with Gasteiger partial charge < -0.3 is 19.9 Å². The van der Waals surface area contributed by atoms with Crippen molar-refractivity contribution in [1.82, 2.24) is 10.2 Å². The van der Waals surface area contributed by atoms with Crippen molar-refractivity contribution >= 4 is 0 Å². The van der Waals surface area contributed by atoms with E-state index in [0.717, 1.165) is 12.1 Å². The molecule has 33 heavy (non-hydrogen) atoms. The first kappa shape index (κ1) is 22.1. The first-order chi connectivity index (χ1) is 15.7. The maximum Gasteiger partial charge on any atom is 0.416 e. The van der Waals surface area contributed by atoms with Gasteiger partial charge >= 0.3 is 6.18 Å². The number of fused-ring (bicyclic) bond motifs is 1. The molecule has 2 aromatic carbocycles. The number of hydrogen-bond acceptors (Lipinski definition) is 6. The van der Waals surface area contributed by atoms with Crippen LogP contribution >= 0.6 is 0 Å². The van der Waals surface area contributed by atoms with Crippen LogP contribution in [0.1, 0.15) is 33.9 Å². The van der Waals surface area contributed by atoms with Gasteiger partial charge in [0.1, 0.15) is 29.7 Å². The van der Waals surface area contributed by atoms with E-state index in [1.54, 1.807) is 25.1 Å². The minimum atomic E-state index is -4.47. The Labute approximate surface area is 187 Å². The maximum atomic E-state index is 13.0. The van der Waals surface area contributed by atoms with E-state index in [-0.39, 0.29) is 29.7 Å². The monoisotopic (exact) mass is 456 g/mol. The molecule has 0 aliphatic carbocycles. The maximum absolute atomic E-state index is 13.0. The van der Waals surface area contributed by atoms with Gasteiger partial charge in [-0.3, -0.25) is 5.10 Å². The van der Waals surface area contributed by atoms with Gasteiger partial charge in [-0.25, -0.2) is 0 Å². The number of alkyl halides is 3. The van der Waals surface area contributed by atoms with Crippen LogP contribution in [0.2, 0.25) is 0 Å². The van der Waals surface area contributed by atoms with Gasteiger partial charge in [-0.2, -0.15) is 18.4 Å². The molecule has 170 valence electrons. The van der Waals surface area contributed by atoms with E-state index in [1.807, 2.05) is 0 Å². The van der Waals surface area contributed by atoms with Crippen LogP contribution in [0, 0.1) is 18.3 Å². The van der Waals surface area contributed by atoms with E-state index in [2.05, 4.69) is 16.3 Å². The lowest BCUT2D eigenvalue weighted by Crippen LogP contribution is -2.21. The van der Waals surface area contributed by atoms with Gasteiger partial charge in [0, 0.05) is 16.8 Å². The second kappa shape index (κ2) is 8.43. The molecule has 0 bridgehead atoms. The Morgan fingerprint density at radius 1 is 1.24 bits per heavy atom. The molecule has 0 spiro atoms. The van der Waals surface area contributed by atoms with Crippen molar-refractivity contribution in [3.8, 4) is 23.4 Å². The number of nitrogens with one attached hydrogen (secondary N) is 1. The van der Waals surface area contributed by atoms with Crippen LogP contribution in [-0.4, -0.2) is 17.3 Å². The van der Waals surface area contributed by atoms with Crippen LogP contribution < -0.4 is 19.9 Å². The van der Waals surface area contributed by atoms with Crippen LogP contribution in [0.3, 0.4) is 0 Å². The summed E-state index contributed by atoms with van der Waals surface area (Å²) in [6.07, 6.45) is -4.47. The zero-order chi connectivity index (χ0) is 23.8. The molecular weight excluding hydrogens is 437 g/mol. The van der Waals surface area contributed by atoms with Crippen LogP contribution in [0.4, 0.5) is 13.2 Å². The summed E-state index contributed by atoms with van der Waals surface area (Å²) in [5, 5.41) is 16.7. The number of methoxy groups -OCH3 is 1. The number of nitriles is 1. The second-order valence-electron chi connectivity index (χ2n) is 7.38. The summed E-state index contributed by atoms with van der Waals surface area (Å²) in [6, 6.07) is 12.0. The van der Waals surface area contributed by atoms with Crippen molar-refractivity contribution in [2.75, 3.05) is 7.11 Å². The molecule has 3 aromatic rings. The highest BCUT2D eigenvalue weighted by molar-refractivity contribution is 5.56. The lowest BCUT2D eigenvalue weighted by atomic mass is 9.83. The predicted octanol–water partition coefficient (Wildman–Crippen LogP) is 4.54. The number of H-pyrrole nitrogens is 1. The van der Waals surface area contributed by atoms with Crippen molar-refractivity contribution in [3.63, 3.8) is 0 Å². The second-order valence-corrected chi connectivity index (χ2v) is 7.38. The fraction of sp³-hybridized carbons (Fsp3) is 0.217. The number of ether oxygens (including phenoxy) is 3. The average molecular weight is 456 g/mol. The van der Waals surface area contributed by atoms with Crippen molar-refractivity contribution in [1.29, 1.82) is 5.26 Å². The Morgan fingerprint density at radius 2 is 2.03 bits per heavy atom. The van der Waals surface area contributed by atoms with Gasteiger partial charge in [0.15, 0.2) is 0 Å². The van der Waals surface area contributed by atoms with E-state index < -0.39 is 17.7 Å². The zero-order valence-corrected chi connectivity index (χ0v) is 17.7. The normalized spacial score (nSPS) is 15.5. The number of nitrogens with zero attached hydrogens (tertiary/aromatic N) is 2. The topological polar surface area (TPSA) is 106 Å². The van der Waals surface area contributed by atoms with Gasteiger partial charge in [0.25, 0.3) is 0 Å². The third-order valence-corrected chi connectivity index (χ3v) is 5.32. The highest BCUT2D eigenvalue weighted by Crippen LogP contribution is 2.43. The Morgan fingerprint density at radius 3 is 2.73 bits per heavy atom. The number of halogens is 3. The number of allylic oxidation sites excluding steroid dienone is 1. The molecule has 2 heterocycles. The molecule has 0 amide bonds. The van der Waals surface area contributed by atoms with E-state index in [1.165, 1.54) is 19.2 Å². The van der Waals surface area contributed by atoms with Crippen LogP contribution in [0.15, 0.2) is 53.9 Å². The molecule has 0 saturated carbocycles. The summed E-state index contributed by atoms with van der Waals surface area (Å²) in [4.78, 5) is 0. The van der Waals surface area contributed by atoms with Crippen molar-refractivity contribution in [3.05, 3.63) is 81.9 Å². The van der Waals surface area contributed by atoms with Gasteiger partial charge in [0.2, 0.25) is 11.8 Å². The van der Waals surface area contributed by atoms with E-state index >= 15 is 0 Å². The molecule has 0 radical (unpaired) electrons. The lowest BCUT2D eigenvalue weighted by molar-refractivity contribution is -0.137. The molecule has 10 heteroatoms. The van der Waals surface area contributed by atoms with E-state index in [9.17, 15) is 18.4 Å². The third-order valence-electron chi connectivity index (χ3n) is 5.32. The first-order valence-electron chi connectivity index (χ1n) is 9.82. The van der Waals surface area contributed by atoms with Gasteiger partial charge in [-0.15, -0.1) is 5.10 Å². The molecule has 4 rings (SSSR count). The average Bonchev–Trinajstić information content (AvgIpc) is 3.16. The number of benzene rings is 2. The SMILES string of the molecule is COc1ccc([C@H]2C(C#N)=C(N)Oc3n[nH]c(C)c32)cc1COc1cccc(C(F)(F)F)c1. The highest BCUT2D eigenvalue weighted by atomic mass is 19.4. The molecule has 7 nitrogen and oxygen atoms in total. The van der Waals surface area contributed by atoms with E-state index in [0.29, 0.717) is 28.1 Å². The number of aromatic amines is 1. The van der Waals surface area contributed by atoms with Gasteiger partial charge in [0.05, 0.1) is 18.6 Å². The highest BCUT2D eigenvalue weighted by Gasteiger charge is 2.34. The fourth-order valence-corrected chi connectivity index (χ4v) is 3.75. The summed E-state index contributed by atoms with van der Waals surface area (Å²) in [7, 11) is 1.48. The Balaban J connectivity index is 1.70. The summed E-state index contributed by atoms with van der Waals surface area (Å²) in [6.45, 7) is 1.75. The van der Waals surface area contributed by atoms with Gasteiger partial charge in [-0.1, -0.05) is 12.1 Å². The number of nitrogens with two attached hydrogens (primary N) is 1. The third kappa shape index (κ3) is 4.17. The number of aryl methyl sites for hydroxylation is 1. The predicted molar refractivity (Wildman–Crippen MR) is 111 cm³/mol. The lowest BCUT2D eigenvalue weighted by Gasteiger charge is -2.24. The molecule has 0 fully saturated rings. The molecule has 0 unspecified atom stereocenters. The standard InChI is InChI=1S/C23H19F3N4O3/c1-12-19-20(17(10-27)21(28)33-22(19)30-29-12)13-6-7-18(31-2)14(8-13)11-32-16-5-3-4-15(9-16)23(24,25)26/h3-9,20H,11,28H2,1-2H3,(H,29,30)/t20-/m0/s1. The quantitative estimate of drug-likeness (QED) is 0.584. The first-order valence-corrected chi connectivity index (χ1v) is 9.82. The van der Waals surface area contributed by atoms with Gasteiger partial charge in [-0.05, 0) is 42.8 Å². The largest absolute Gasteiger partial charge is 0.496 e. The van der Waals surface area contributed by atoms with Crippen LogP contribution in [0.25, 0.3) is 0 Å². The number of aromatic nitrogens is 2. The number of rotatable bonds is 5. The summed E-state index contributed by atoms with van der Waals surface area (Å²) < 4.78 is 55.5. The summed E-state index contributed by atoms with van der Waals surface area (Å²) >= 11 is 0. The molecule has 1 aliphatic heterocycles. The Bertz CT molecular complexity index is 1270. The summed E-state index contributed by atoms with van der Waals surface area (Å²) in [5.74, 6) is 0.247. The van der Waals surface area contributed by atoms with Crippen molar-refractivity contribution < 1.29 is 27.4 Å².